The zero-order valence-corrected chi connectivity index (χ0v) is 26.8. The van der Waals surface area contributed by atoms with E-state index in [-0.39, 0.29) is 43.0 Å². The van der Waals surface area contributed by atoms with Gasteiger partial charge in [0.1, 0.15) is 24.1 Å². The van der Waals surface area contributed by atoms with Gasteiger partial charge in [-0.1, -0.05) is 59.9 Å². The van der Waals surface area contributed by atoms with Crippen molar-refractivity contribution in [1.29, 1.82) is 0 Å². The number of fused-ring (bicyclic) bond motifs is 1. The summed E-state index contributed by atoms with van der Waals surface area (Å²) in [6, 6.07) is 22.8. The number of nitrogens with zero attached hydrogens (tertiary/aromatic N) is 2. The predicted octanol–water partition coefficient (Wildman–Crippen LogP) is 4.23. The number of benzene rings is 3. The normalized spacial score (nSPS) is 14.5. The highest BCUT2D eigenvalue weighted by atomic mass is 32.1. The lowest BCUT2D eigenvalue weighted by molar-refractivity contribution is -0.140. The summed E-state index contributed by atoms with van der Waals surface area (Å²) in [4.78, 5) is 44.9. The molecule has 1 aliphatic heterocycles. The average molecular weight is 642 g/mol. The van der Waals surface area contributed by atoms with Gasteiger partial charge >= 0.3 is 5.97 Å². The topological polar surface area (TPSA) is 117 Å². The quantitative estimate of drug-likeness (QED) is 0.182. The molecular formula is C35H35N3O7S. The van der Waals surface area contributed by atoms with Gasteiger partial charge in [-0.15, -0.1) is 0 Å². The van der Waals surface area contributed by atoms with Gasteiger partial charge in [0, 0.05) is 18.4 Å². The minimum atomic E-state index is -0.818. The molecule has 1 atom stereocenters. The number of para-hydroxylation sites is 2. The van der Waals surface area contributed by atoms with Gasteiger partial charge in [0.15, 0.2) is 11.4 Å². The summed E-state index contributed by atoms with van der Waals surface area (Å²) in [5.41, 5.74) is 2.50. The molecule has 1 aromatic heterocycles. The maximum Gasteiger partial charge on any atom is 0.338 e. The lowest BCUT2D eigenvalue weighted by Gasteiger charge is -2.27. The van der Waals surface area contributed by atoms with Gasteiger partial charge < -0.3 is 24.3 Å². The Morgan fingerprint density at radius 1 is 1.00 bits per heavy atom. The van der Waals surface area contributed by atoms with Crippen LogP contribution in [0.5, 0.6) is 11.5 Å². The first-order valence-corrected chi connectivity index (χ1v) is 15.6. The number of anilines is 1. The first-order valence-electron chi connectivity index (χ1n) is 14.8. The van der Waals surface area contributed by atoms with E-state index in [0.717, 1.165) is 5.56 Å². The van der Waals surface area contributed by atoms with Gasteiger partial charge in [-0.3, -0.25) is 14.2 Å². The maximum absolute atomic E-state index is 14.0. The molecule has 1 aliphatic rings. The van der Waals surface area contributed by atoms with Crippen molar-refractivity contribution >= 4 is 35.0 Å². The summed E-state index contributed by atoms with van der Waals surface area (Å²) in [6.07, 6.45) is 1.63. The molecule has 0 unspecified atom stereocenters. The van der Waals surface area contributed by atoms with Crippen molar-refractivity contribution in [1.82, 2.24) is 4.57 Å². The van der Waals surface area contributed by atoms with Crippen LogP contribution in [0.15, 0.2) is 99.9 Å². The molecule has 5 rings (SSSR count). The van der Waals surface area contributed by atoms with Crippen LogP contribution in [0.4, 0.5) is 5.69 Å². The molecule has 0 saturated carbocycles. The Kier molecular flexibility index (Phi) is 10.5. The van der Waals surface area contributed by atoms with E-state index in [2.05, 4.69) is 10.3 Å². The monoisotopic (exact) mass is 641 g/mol. The van der Waals surface area contributed by atoms with Crippen molar-refractivity contribution in [3.05, 3.63) is 121 Å². The second-order valence-electron chi connectivity index (χ2n) is 10.7. The molecule has 0 saturated heterocycles. The third-order valence-electron chi connectivity index (χ3n) is 6.94. The summed E-state index contributed by atoms with van der Waals surface area (Å²) >= 11 is 1.23. The molecule has 0 spiro atoms. The molecule has 0 fully saturated rings. The second-order valence-corrected chi connectivity index (χ2v) is 11.7. The van der Waals surface area contributed by atoms with E-state index in [1.807, 2.05) is 56.3 Å². The molecule has 0 bridgehead atoms. The maximum atomic E-state index is 14.0. The molecule has 3 aromatic carbocycles. The number of allylic oxidation sites excluding steroid dienone is 1. The van der Waals surface area contributed by atoms with Gasteiger partial charge in [0.25, 0.3) is 11.5 Å². The number of methoxy groups -OCH3 is 1. The Bertz CT molecular complexity index is 1910. The van der Waals surface area contributed by atoms with Crippen LogP contribution in [0.25, 0.3) is 6.08 Å². The highest BCUT2D eigenvalue weighted by molar-refractivity contribution is 7.07. The molecule has 1 N–H and O–H groups in total. The van der Waals surface area contributed by atoms with Crippen LogP contribution in [0.1, 0.15) is 37.9 Å². The Morgan fingerprint density at radius 2 is 1.72 bits per heavy atom. The van der Waals surface area contributed by atoms with E-state index < -0.39 is 12.0 Å². The molecule has 46 heavy (non-hydrogen) atoms. The van der Waals surface area contributed by atoms with E-state index >= 15 is 0 Å². The van der Waals surface area contributed by atoms with Crippen molar-refractivity contribution < 1.29 is 28.5 Å². The largest absolute Gasteiger partial charge is 0.491 e. The molecule has 11 heteroatoms. The summed E-state index contributed by atoms with van der Waals surface area (Å²) in [6.45, 7) is 5.72. The second kappa shape index (κ2) is 14.9. The smallest absolute Gasteiger partial charge is 0.338 e. The van der Waals surface area contributed by atoms with Gasteiger partial charge in [-0.2, -0.15) is 0 Å². The van der Waals surface area contributed by atoms with Gasteiger partial charge in [0.2, 0.25) is 0 Å². The molecule has 4 aromatic rings. The first kappa shape index (κ1) is 32.4. The van der Waals surface area contributed by atoms with Crippen molar-refractivity contribution in [3.63, 3.8) is 0 Å². The molecule has 0 aliphatic carbocycles. The number of rotatable bonds is 12. The molecule has 2 heterocycles. The van der Waals surface area contributed by atoms with Crippen LogP contribution in [0.3, 0.4) is 0 Å². The molecule has 0 radical (unpaired) electrons. The van der Waals surface area contributed by atoms with E-state index in [0.29, 0.717) is 37.8 Å². The third kappa shape index (κ3) is 7.61. The zero-order chi connectivity index (χ0) is 32.6. The van der Waals surface area contributed by atoms with Crippen molar-refractivity contribution in [3.8, 4) is 11.5 Å². The number of nitrogens with one attached hydrogen (secondary N) is 1. The number of ether oxygens (including phenoxy) is 4. The number of esters is 1. The fourth-order valence-corrected chi connectivity index (χ4v) is 5.97. The number of hydrogen-bond donors (Lipinski definition) is 1. The van der Waals surface area contributed by atoms with Crippen molar-refractivity contribution in [2.24, 2.45) is 4.99 Å². The zero-order valence-electron chi connectivity index (χ0n) is 26.0. The highest BCUT2D eigenvalue weighted by Gasteiger charge is 2.35. The summed E-state index contributed by atoms with van der Waals surface area (Å²) in [5, 5.41) is 2.78. The number of carbonyl (C=O) groups is 2. The van der Waals surface area contributed by atoms with Crippen LogP contribution < -0.4 is 29.7 Å². The Morgan fingerprint density at radius 3 is 2.43 bits per heavy atom. The number of hydrogen-bond acceptors (Lipinski definition) is 9. The number of thiazole rings is 1. The van der Waals surface area contributed by atoms with E-state index in [1.165, 1.54) is 23.0 Å². The third-order valence-corrected chi connectivity index (χ3v) is 7.93. The van der Waals surface area contributed by atoms with Gasteiger partial charge in [0.05, 0.1) is 28.5 Å². The van der Waals surface area contributed by atoms with Gasteiger partial charge in [-0.25, -0.2) is 9.79 Å². The lowest BCUT2D eigenvalue weighted by Crippen LogP contribution is -2.40. The number of aromatic nitrogens is 1. The SMILES string of the molecule is COCCOC(=O)C1=C(C)N=c2s/c(=C/c3ccc(OCC(=O)Nc4ccccc4)cc3)c(=O)n2[C@H]1c1ccccc1OC(C)C. The van der Waals surface area contributed by atoms with Crippen LogP contribution >= 0.6 is 11.3 Å². The lowest BCUT2D eigenvalue weighted by atomic mass is 9.95. The van der Waals surface area contributed by atoms with Crippen LogP contribution in [-0.4, -0.2) is 49.5 Å². The highest BCUT2D eigenvalue weighted by Crippen LogP contribution is 2.36. The molecule has 238 valence electrons. The average Bonchev–Trinajstić information content (AvgIpc) is 3.34. The van der Waals surface area contributed by atoms with E-state index in [9.17, 15) is 14.4 Å². The van der Waals surface area contributed by atoms with Crippen molar-refractivity contribution in [2.45, 2.75) is 32.9 Å². The fraction of sp³-hybridized carbons (Fsp3) is 0.257. The summed E-state index contributed by atoms with van der Waals surface area (Å²) in [7, 11) is 1.53. The Balaban J connectivity index is 1.45. The minimum absolute atomic E-state index is 0.0603. The predicted molar refractivity (Wildman–Crippen MR) is 176 cm³/mol. The van der Waals surface area contributed by atoms with E-state index in [4.69, 9.17) is 18.9 Å². The summed E-state index contributed by atoms with van der Waals surface area (Å²) in [5.74, 6) is 0.214. The number of amides is 1. The molecule has 1 amide bonds. The number of carbonyl (C=O) groups excluding carboxylic acids is 2. The standard InChI is InChI=1S/C35H35N3O7S/c1-22(2)45-28-13-9-8-12-27(28)32-31(34(41)43-19-18-42-4)23(3)36-35-38(32)33(40)29(46-35)20-24-14-16-26(17-15-24)44-21-30(39)37-25-10-6-5-7-11-25/h5-17,20,22,32H,18-19,21H2,1-4H3,(H,37,39)/b29-20+/t32-/m0/s1. The molecular weight excluding hydrogens is 606 g/mol. The van der Waals surface area contributed by atoms with Crippen LogP contribution in [0, 0.1) is 0 Å². The first-order chi connectivity index (χ1) is 22.2. The minimum Gasteiger partial charge on any atom is -0.491 e. The van der Waals surface area contributed by atoms with E-state index in [1.54, 1.807) is 49.4 Å². The van der Waals surface area contributed by atoms with Crippen molar-refractivity contribution in [2.75, 3.05) is 32.2 Å². The summed E-state index contributed by atoms with van der Waals surface area (Å²) < 4.78 is 24.3. The molecule has 10 nitrogen and oxygen atoms in total. The Labute approximate surface area is 270 Å². The van der Waals surface area contributed by atoms with Crippen LogP contribution in [0.2, 0.25) is 0 Å². The fourth-order valence-electron chi connectivity index (χ4n) is 4.92. The van der Waals surface area contributed by atoms with Crippen LogP contribution in [-0.2, 0) is 19.1 Å². The van der Waals surface area contributed by atoms with Gasteiger partial charge in [-0.05, 0) is 62.7 Å². The Hall–Kier alpha value is -5.00.